The van der Waals surface area contributed by atoms with Crippen LogP contribution in [-0.4, -0.2) is 19.7 Å². The van der Waals surface area contributed by atoms with E-state index in [1.807, 2.05) is 0 Å². The molecule has 0 radical (unpaired) electrons. The molecule has 0 amide bonds. The van der Waals surface area contributed by atoms with Crippen molar-refractivity contribution in [3.8, 4) is 0 Å². The van der Waals surface area contributed by atoms with Crippen LogP contribution < -0.4 is 0 Å². The predicted molar refractivity (Wildman–Crippen MR) is 58.7 cm³/mol. The standard InChI is InChI=1S/C11H20O2Si/c1-14(2,3)13-11-6-4-9(5-7-11)10(12)8-11/h9H,4-8H2,1-3H3. The number of rotatable bonds is 2. The Morgan fingerprint density at radius 2 is 1.86 bits per heavy atom. The molecule has 3 aliphatic rings. The summed E-state index contributed by atoms with van der Waals surface area (Å²) in [6.45, 7) is 6.65. The molecule has 0 aromatic rings. The van der Waals surface area contributed by atoms with E-state index in [4.69, 9.17) is 4.43 Å². The maximum Gasteiger partial charge on any atom is 0.184 e. The third kappa shape index (κ3) is 1.93. The summed E-state index contributed by atoms with van der Waals surface area (Å²) in [6, 6.07) is 0. The monoisotopic (exact) mass is 212 g/mol. The lowest BCUT2D eigenvalue weighted by Gasteiger charge is -2.48. The summed E-state index contributed by atoms with van der Waals surface area (Å²) < 4.78 is 6.24. The maximum absolute atomic E-state index is 11.7. The normalized spacial score (nSPS) is 37.6. The first-order valence-electron chi connectivity index (χ1n) is 5.63. The van der Waals surface area contributed by atoms with Gasteiger partial charge in [0.1, 0.15) is 5.78 Å². The van der Waals surface area contributed by atoms with Gasteiger partial charge in [0.05, 0.1) is 5.60 Å². The summed E-state index contributed by atoms with van der Waals surface area (Å²) in [7, 11) is -1.50. The fourth-order valence-electron chi connectivity index (χ4n) is 2.89. The highest BCUT2D eigenvalue weighted by Crippen LogP contribution is 2.45. The molecule has 0 atom stereocenters. The molecule has 3 saturated carbocycles. The molecular formula is C11H20O2Si. The van der Waals surface area contributed by atoms with Crippen LogP contribution in [0.3, 0.4) is 0 Å². The van der Waals surface area contributed by atoms with E-state index in [1.54, 1.807) is 0 Å². The summed E-state index contributed by atoms with van der Waals surface area (Å²) in [6.07, 6.45) is 5.08. The van der Waals surface area contributed by atoms with Gasteiger partial charge in [-0.1, -0.05) is 0 Å². The lowest BCUT2D eigenvalue weighted by atomic mass is 9.67. The molecule has 2 nitrogen and oxygen atoms in total. The number of Topliss-reactive ketones (excluding diaryl/α,β-unsaturated/α-hetero) is 1. The molecule has 0 aromatic heterocycles. The van der Waals surface area contributed by atoms with Crippen molar-refractivity contribution in [3.05, 3.63) is 0 Å². The van der Waals surface area contributed by atoms with Crippen LogP contribution in [0.25, 0.3) is 0 Å². The fourth-order valence-corrected chi connectivity index (χ4v) is 4.47. The lowest BCUT2D eigenvalue weighted by molar-refractivity contribution is -0.139. The minimum absolute atomic E-state index is 0.0453. The van der Waals surface area contributed by atoms with E-state index in [1.165, 1.54) is 0 Å². The van der Waals surface area contributed by atoms with Gasteiger partial charge in [-0.25, -0.2) is 0 Å². The van der Waals surface area contributed by atoms with Gasteiger partial charge < -0.3 is 4.43 Å². The van der Waals surface area contributed by atoms with Crippen molar-refractivity contribution in [2.24, 2.45) is 5.92 Å². The smallest absolute Gasteiger partial charge is 0.184 e. The Morgan fingerprint density at radius 1 is 1.29 bits per heavy atom. The van der Waals surface area contributed by atoms with Gasteiger partial charge in [0, 0.05) is 12.3 Å². The Labute approximate surface area is 87.2 Å². The van der Waals surface area contributed by atoms with Gasteiger partial charge in [0.15, 0.2) is 8.32 Å². The van der Waals surface area contributed by atoms with Gasteiger partial charge in [-0.2, -0.15) is 0 Å². The molecule has 14 heavy (non-hydrogen) atoms. The van der Waals surface area contributed by atoms with Gasteiger partial charge >= 0.3 is 0 Å². The zero-order valence-electron chi connectivity index (χ0n) is 9.43. The zero-order chi connectivity index (χ0) is 10.4. The molecule has 3 aliphatic carbocycles. The minimum Gasteiger partial charge on any atom is -0.412 e. The fraction of sp³-hybridized carbons (Fsp3) is 0.909. The van der Waals surface area contributed by atoms with Crippen LogP contribution in [0.15, 0.2) is 0 Å². The van der Waals surface area contributed by atoms with Gasteiger partial charge in [0.2, 0.25) is 0 Å². The van der Waals surface area contributed by atoms with Crippen LogP contribution in [0, 0.1) is 5.92 Å². The first kappa shape index (κ1) is 10.4. The highest BCUT2D eigenvalue weighted by Gasteiger charge is 2.47. The highest BCUT2D eigenvalue weighted by atomic mass is 28.4. The molecule has 0 aromatic carbocycles. The molecular weight excluding hydrogens is 192 g/mol. The highest BCUT2D eigenvalue weighted by molar-refractivity contribution is 6.69. The van der Waals surface area contributed by atoms with Crippen LogP contribution in [0.1, 0.15) is 32.1 Å². The van der Waals surface area contributed by atoms with Gasteiger partial charge in [-0.15, -0.1) is 0 Å². The number of carbonyl (C=O) groups is 1. The predicted octanol–water partition coefficient (Wildman–Crippen LogP) is 2.74. The van der Waals surface area contributed by atoms with E-state index in [0.717, 1.165) is 25.7 Å². The Bertz CT molecular complexity index is 247. The zero-order valence-corrected chi connectivity index (χ0v) is 10.4. The largest absolute Gasteiger partial charge is 0.412 e. The Hall–Kier alpha value is -0.153. The summed E-state index contributed by atoms with van der Waals surface area (Å²) in [5.74, 6) is 0.836. The van der Waals surface area contributed by atoms with Crippen molar-refractivity contribution in [2.45, 2.75) is 57.3 Å². The molecule has 0 spiro atoms. The van der Waals surface area contributed by atoms with E-state index in [2.05, 4.69) is 19.6 Å². The van der Waals surface area contributed by atoms with Crippen LogP contribution in [0.4, 0.5) is 0 Å². The van der Waals surface area contributed by atoms with Crippen LogP contribution in [0.2, 0.25) is 19.6 Å². The molecule has 0 N–H and O–H groups in total. The van der Waals surface area contributed by atoms with Crippen LogP contribution >= 0.6 is 0 Å². The van der Waals surface area contributed by atoms with E-state index < -0.39 is 8.32 Å². The molecule has 0 saturated heterocycles. The lowest BCUT2D eigenvalue weighted by Crippen LogP contribution is -2.51. The number of hydrogen-bond donors (Lipinski definition) is 0. The molecule has 0 heterocycles. The molecule has 3 fully saturated rings. The quantitative estimate of drug-likeness (QED) is 0.658. The van der Waals surface area contributed by atoms with Gasteiger partial charge in [-0.3, -0.25) is 4.79 Å². The third-order valence-corrected chi connectivity index (χ3v) is 4.42. The number of fused-ring (bicyclic) bond motifs is 3. The Balaban J connectivity index is 2.11. The van der Waals surface area contributed by atoms with E-state index >= 15 is 0 Å². The third-order valence-electron chi connectivity index (χ3n) is 3.37. The minimum atomic E-state index is -1.50. The number of ketones is 1. The second-order valence-electron chi connectivity index (χ2n) is 5.81. The van der Waals surface area contributed by atoms with Crippen molar-refractivity contribution in [3.63, 3.8) is 0 Å². The van der Waals surface area contributed by atoms with E-state index in [0.29, 0.717) is 18.1 Å². The molecule has 80 valence electrons. The second kappa shape index (κ2) is 3.17. The van der Waals surface area contributed by atoms with Gasteiger partial charge in [-0.05, 0) is 45.3 Å². The SMILES string of the molecule is C[Si](C)(C)OC12CCC(CC1)C(=O)C2. The first-order valence-corrected chi connectivity index (χ1v) is 9.04. The summed E-state index contributed by atoms with van der Waals surface area (Å²) in [4.78, 5) is 11.7. The van der Waals surface area contributed by atoms with Gasteiger partial charge in [0.25, 0.3) is 0 Å². The second-order valence-corrected chi connectivity index (χ2v) is 10.2. The van der Waals surface area contributed by atoms with Crippen molar-refractivity contribution in [2.75, 3.05) is 0 Å². The molecule has 2 bridgehead atoms. The molecule has 0 unspecified atom stereocenters. The molecule has 3 heteroatoms. The van der Waals surface area contributed by atoms with Crippen molar-refractivity contribution >= 4 is 14.1 Å². The Morgan fingerprint density at radius 3 is 2.29 bits per heavy atom. The number of hydrogen-bond acceptors (Lipinski definition) is 2. The average Bonchev–Trinajstić information content (AvgIpc) is 2.00. The van der Waals surface area contributed by atoms with E-state index in [-0.39, 0.29) is 5.60 Å². The maximum atomic E-state index is 11.7. The van der Waals surface area contributed by atoms with Crippen LogP contribution in [0.5, 0.6) is 0 Å². The molecule has 0 aliphatic heterocycles. The topological polar surface area (TPSA) is 26.3 Å². The summed E-state index contributed by atoms with van der Waals surface area (Å²) >= 11 is 0. The number of carbonyl (C=O) groups excluding carboxylic acids is 1. The summed E-state index contributed by atoms with van der Waals surface area (Å²) in [5, 5.41) is 0. The first-order chi connectivity index (χ1) is 6.40. The van der Waals surface area contributed by atoms with Crippen molar-refractivity contribution < 1.29 is 9.22 Å². The van der Waals surface area contributed by atoms with Crippen molar-refractivity contribution in [1.29, 1.82) is 0 Å². The molecule has 3 rings (SSSR count). The van der Waals surface area contributed by atoms with E-state index in [9.17, 15) is 4.79 Å². The van der Waals surface area contributed by atoms with Crippen molar-refractivity contribution in [1.82, 2.24) is 0 Å². The summed E-state index contributed by atoms with van der Waals surface area (Å²) in [5.41, 5.74) is -0.0453. The van der Waals surface area contributed by atoms with Crippen LogP contribution in [-0.2, 0) is 9.22 Å². The average molecular weight is 212 g/mol. The Kier molecular flexibility index (Phi) is 2.35.